The molecule has 0 spiro atoms. The Hall–Kier alpha value is -1.35. The van der Waals surface area contributed by atoms with E-state index >= 15 is 0 Å². The summed E-state index contributed by atoms with van der Waals surface area (Å²) in [6.45, 7) is 0. The van der Waals surface area contributed by atoms with Crippen molar-refractivity contribution in [3.05, 3.63) is 63.0 Å². The van der Waals surface area contributed by atoms with Crippen LogP contribution in [0.25, 0.3) is 0 Å². The van der Waals surface area contributed by atoms with Crippen LogP contribution in [-0.2, 0) is 0 Å². The minimum absolute atomic E-state index is 0.340. The second kappa shape index (κ2) is 6.18. The molecule has 7 heteroatoms. The highest BCUT2D eigenvalue weighted by molar-refractivity contribution is 14.1. The second-order valence-electron chi connectivity index (χ2n) is 4.26. The standard InChI is InChI=1S/C14H10F4INO/c15-9-4-5-11(12(19)7-9)13(20)8-2-1-3-10(6-8)21-14(16,17)18/h1-7,13H,20H2. The van der Waals surface area contributed by atoms with Crippen LogP contribution < -0.4 is 10.5 Å². The first-order valence-electron chi connectivity index (χ1n) is 5.82. The number of rotatable bonds is 3. The van der Waals surface area contributed by atoms with E-state index in [0.717, 1.165) is 0 Å². The van der Waals surface area contributed by atoms with Crippen molar-refractivity contribution >= 4 is 22.6 Å². The summed E-state index contributed by atoms with van der Waals surface area (Å²) in [4.78, 5) is 0. The molecule has 0 aliphatic carbocycles. The molecule has 0 amide bonds. The number of benzene rings is 2. The van der Waals surface area contributed by atoms with Gasteiger partial charge in [-0.05, 0) is 58.0 Å². The molecule has 0 aliphatic rings. The zero-order valence-electron chi connectivity index (χ0n) is 10.5. The normalized spacial score (nSPS) is 13.0. The lowest BCUT2D eigenvalue weighted by molar-refractivity contribution is -0.274. The summed E-state index contributed by atoms with van der Waals surface area (Å²) in [7, 11) is 0. The molecule has 1 unspecified atom stereocenters. The number of hydrogen-bond donors (Lipinski definition) is 1. The van der Waals surface area contributed by atoms with Gasteiger partial charge in [0.05, 0.1) is 6.04 Å². The summed E-state index contributed by atoms with van der Waals surface area (Å²) in [5.41, 5.74) is 7.11. The van der Waals surface area contributed by atoms with Gasteiger partial charge in [-0.2, -0.15) is 0 Å². The molecule has 0 heterocycles. The molecule has 21 heavy (non-hydrogen) atoms. The first-order chi connectivity index (χ1) is 9.76. The maximum Gasteiger partial charge on any atom is 0.573 e. The summed E-state index contributed by atoms with van der Waals surface area (Å²) in [5, 5.41) is 0. The molecular weight excluding hydrogens is 401 g/mol. The molecule has 2 N–H and O–H groups in total. The van der Waals surface area contributed by atoms with Crippen LogP contribution >= 0.6 is 22.6 Å². The topological polar surface area (TPSA) is 35.2 Å². The molecule has 0 aromatic heterocycles. The average Bonchev–Trinajstić information content (AvgIpc) is 2.36. The van der Waals surface area contributed by atoms with Gasteiger partial charge in [-0.3, -0.25) is 0 Å². The van der Waals surface area contributed by atoms with E-state index < -0.39 is 18.2 Å². The van der Waals surface area contributed by atoms with Crippen LogP contribution in [-0.4, -0.2) is 6.36 Å². The first-order valence-corrected chi connectivity index (χ1v) is 6.90. The summed E-state index contributed by atoms with van der Waals surface area (Å²) in [6, 6.07) is 8.84. The van der Waals surface area contributed by atoms with Crippen LogP contribution in [0.5, 0.6) is 5.75 Å². The molecule has 0 radical (unpaired) electrons. The molecule has 1 atom stereocenters. The lowest BCUT2D eigenvalue weighted by Gasteiger charge is -2.16. The van der Waals surface area contributed by atoms with Gasteiger partial charge >= 0.3 is 6.36 Å². The van der Waals surface area contributed by atoms with Gasteiger partial charge < -0.3 is 10.5 Å². The molecule has 2 aromatic rings. The van der Waals surface area contributed by atoms with E-state index in [2.05, 4.69) is 4.74 Å². The van der Waals surface area contributed by atoms with Gasteiger partial charge in [0.1, 0.15) is 11.6 Å². The van der Waals surface area contributed by atoms with Crippen molar-refractivity contribution in [2.24, 2.45) is 5.73 Å². The van der Waals surface area contributed by atoms with Crippen LogP contribution in [0.4, 0.5) is 17.6 Å². The van der Waals surface area contributed by atoms with E-state index in [1.165, 1.54) is 36.4 Å². The molecule has 2 nitrogen and oxygen atoms in total. The minimum Gasteiger partial charge on any atom is -0.406 e. The lowest BCUT2D eigenvalue weighted by atomic mass is 9.99. The van der Waals surface area contributed by atoms with Gasteiger partial charge in [0.25, 0.3) is 0 Å². The third-order valence-electron chi connectivity index (χ3n) is 2.75. The highest BCUT2D eigenvalue weighted by Gasteiger charge is 2.31. The van der Waals surface area contributed by atoms with E-state index in [9.17, 15) is 17.6 Å². The maximum absolute atomic E-state index is 13.1. The third kappa shape index (κ3) is 4.31. The van der Waals surface area contributed by atoms with E-state index in [-0.39, 0.29) is 5.75 Å². The van der Waals surface area contributed by atoms with Crippen molar-refractivity contribution in [1.82, 2.24) is 0 Å². The number of ether oxygens (including phenoxy) is 1. The fraction of sp³-hybridized carbons (Fsp3) is 0.143. The zero-order valence-corrected chi connectivity index (χ0v) is 12.7. The van der Waals surface area contributed by atoms with Crippen molar-refractivity contribution in [3.8, 4) is 5.75 Å². The molecular formula is C14H10F4INO. The van der Waals surface area contributed by atoms with Crippen LogP contribution in [0.15, 0.2) is 42.5 Å². The summed E-state index contributed by atoms with van der Waals surface area (Å²) < 4.78 is 54.2. The quantitative estimate of drug-likeness (QED) is 0.602. The van der Waals surface area contributed by atoms with Gasteiger partial charge in [-0.25, -0.2) is 4.39 Å². The monoisotopic (exact) mass is 411 g/mol. The first kappa shape index (κ1) is 16.0. The Labute approximate surface area is 132 Å². The van der Waals surface area contributed by atoms with Crippen LogP contribution in [0.1, 0.15) is 17.2 Å². The molecule has 2 rings (SSSR count). The average molecular weight is 411 g/mol. The van der Waals surface area contributed by atoms with E-state index in [4.69, 9.17) is 5.73 Å². The Balaban J connectivity index is 2.31. The molecule has 0 aliphatic heterocycles. The second-order valence-corrected chi connectivity index (χ2v) is 5.43. The summed E-state index contributed by atoms with van der Waals surface area (Å²) in [5.74, 6) is -0.739. The van der Waals surface area contributed by atoms with Gasteiger partial charge in [-0.15, -0.1) is 13.2 Å². The van der Waals surface area contributed by atoms with E-state index in [1.807, 2.05) is 22.6 Å². The Bertz CT molecular complexity index is 645. The van der Waals surface area contributed by atoms with Crippen LogP contribution in [0, 0.1) is 9.39 Å². The van der Waals surface area contributed by atoms with Crippen molar-refractivity contribution < 1.29 is 22.3 Å². The Kier molecular flexibility index (Phi) is 4.72. The van der Waals surface area contributed by atoms with Gasteiger partial charge in [0.2, 0.25) is 0 Å². The Morgan fingerprint density at radius 3 is 2.43 bits per heavy atom. The summed E-state index contributed by atoms with van der Waals surface area (Å²) in [6.07, 6.45) is -4.76. The molecule has 112 valence electrons. The number of hydrogen-bond acceptors (Lipinski definition) is 2. The predicted molar refractivity (Wildman–Crippen MR) is 78.3 cm³/mol. The van der Waals surface area contributed by atoms with Crippen molar-refractivity contribution in [2.45, 2.75) is 12.4 Å². The van der Waals surface area contributed by atoms with Crippen molar-refractivity contribution in [3.63, 3.8) is 0 Å². The smallest absolute Gasteiger partial charge is 0.406 e. The van der Waals surface area contributed by atoms with Crippen molar-refractivity contribution in [1.29, 1.82) is 0 Å². The SMILES string of the molecule is NC(c1cccc(OC(F)(F)F)c1)c1ccc(F)cc1I. The summed E-state index contributed by atoms with van der Waals surface area (Å²) >= 11 is 1.93. The molecule has 0 fully saturated rings. The van der Waals surface area contributed by atoms with E-state index in [1.54, 1.807) is 6.07 Å². The predicted octanol–water partition coefficient (Wildman–Crippen LogP) is 4.38. The molecule has 0 bridgehead atoms. The Morgan fingerprint density at radius 2 is 1.81 bits per heavy atom. The van der Waals surface area contributed by atoms with Crippen LogP contribution in [0.2, 0.25) is 0 Å². The maximum atomic E-state index is 13.1. The van der Waals surface area contributed by atoms with Crippen molar-refractivity contribution in [2.75, 3.05) is 0 Å². The molecule has 2 aromatic carbocycles. The lowest BCUT2D eigenvalue weighted by Crippen LogP contribution is -2.18. The molecule has 0 saturated carbocycles. The van der Waals surface area contributed by atoms with Gasteiger partial charge in [0, 0.05) is 3.57 Å². The number of nitrogens with two attached hydrogens (primary N) is 1. The van der Waals surface area contributed by atoms with Crippen LogP contribution in [0.3, 0.4) is 0 Å². The fourth-order valence-electron chi connectivity index (χ4n) is 1.84. The number of halogens is 5. The molecule has 0 saturated heterocycles. The highest BCUT2D eigenvalue weighted by Crippen LogP contribution is 2.29. The van der Waals surface area contributed by atoms with Gasteiger partial charge in [0.15, 0.2) is 0 Å². The fourth-order valence-corrected chi connectivity index (χ4v) is 2.65. The highest BCUT2D eigenvalue weighted by atomic mass is 127. The zero-order chi connectivity index (χ0) is 15.6. The van der Waals surface area contributed by atoms with E-state index in [0.29, 0.717) is 14.7 Å². The number of alkyl halides is 3. The largest absolute Gasteiger partial charge is 0.573 e. The third-order valence-corrected chi connectivity index (χ3v) is 3.68. The van der Waals surface area contributed by atoms with Gasteiger partial charge in [-0.1, -0.05) is 18.2 Å². The minimum atomic E-state index is -4.76. The Morgan fingerprint density at radius 1 is 1.10 bits per heavy atom.